The second-order valence-corrected chi connectivity index (χ2v) is 12.0. The molecule has 1 saturated heterocycles. The van der Waals surface area contributed by atoms with Crippen LogP contribution < -0.4 is 5.46 Å². The highest BCUT2D eigenvalue weighted by Crippen LogP contribution is 2.39. The zero-order chi connectivity index (χ0) is 27.9. The van der Waals surface area contributed by atoms with Gasteiger partial charge in [0.15, 0.2) is 5.58 Å². The van der Waals surface area contributed by atoms with Gasteiger partial charge in [-0.05, 0) is 91.8 Å². The Hall–Kier alpha value is -4.41. The second-order valence-electron chi connectivity index (χ2n) is 12.0. The number of furan rings is 2. The lowest BCUT2D eigenvalue weighted by Crippen LogP contribution is -2.41. The molecule has 6 aromatic rings. The van der Waals surface area contributed by atoms with Crippen molar-refractivity contribution < 1.29 is 18.1 Å². The van der Waals surface area contributed by atoms with Gasteiger partial charge in [0.05, 0.1) is 22.7 Å². The average Bonchev–Trinajstić information content (AvgIpc) is 3.60. The summed E-state index contributed by atoms with van der Waals surface area (Å²) in [4.78, 5) is 0. The van der Waals surface area contributed by atoms with Crippen molar-refractivity contribution in [3.63, 3.8) is 0 Å². The monoisotopic (exact) mass is 535 g/mol. The second kappa shape index (κ2) is 8.55. The Morgan fingerprint density at radius 2 is 1.24 bits per heavy atom. The van der Waals surface area contributed by atoms with Gasteiger partial charge >= 0.3 is 7.12 Å². The number of hydrogen-bond donors (Lipinski definition) is 0. The number of rotatable bonds is 3. The summed E-state index contributed by atoms with van der Waals surface area (Å²) in [5.41, 5.74) is 8.22. The first-order chi connectivity index (χ1) is 19.8. The zero-order valence-electron chi connectivity index (χ0n) is 23.4. The quantitative estimate of drug-likeness (QED) is 0.168. The Kier molecular flexibility index (Phi) is 5.09. The largest absolute Gasteiger partial charge is 0.494 e. The number of para-hydroxylation sites is 1. The van der Waals surface area contributed by atoms with Crippen LogP contribution in [0, 0.1) is 6.08 Å². The number of hydrogen-bond acceptors (Lipinski definition) is 4. The predicted molar refractivity (Wildman–Crippen MR) is 167 cm³/mol. The first kappa shape index (κ1) is 24.4. The molecule has 0 atom stereocenters. The van der Waals surface area contributed by atoms with Crippen LogP contribution in [-0.4, -0.2) is 18.3 Å². The van der Waals surface area contributed by atoms with Gasteiger partial charge < -0.3 is 18.1 Å². The number of fused-ring (bicyclic) bond motifs is 6. The van der Waals surface area contributed by atoms with E-state index < -0.39 is 18.3 Å². The highest BCUT2D eigenvalue weighted by atomic mass is 16.7. The normalized spacial score (nSPS) is 17.0. The molecular formula is C36H28BO4+. The molecule has 1 aliphatic carbocycles. The van der Waals surface area contributed by atoms with Crippen LogP contribution in [0.5, 0.6) is 0 Å². The van der Waals surface area contributed by atoms with Crippen LogP contribution in [0.1, 0.15) is 39.0 Å². The third-order valence-electron chi connectivity index (χ3n) is 8.84. The van der Waals surface area contributed by atoms with Crippen molar-refractivity contribution in [3.8, 4) is 22.3 Å². The third-order valence-corrected chi connectivity index (χ3v) is 8.84. The van der Waals surface area contributed by atoms with Gasteiger partial charge in [-0.3, -0.25) is 0 Å². The maximum absolute atomic E-state index is 6.51. The van der Waals surface area contributed by atoms with Crippen molar-refractivity contribution in [2.75, 3.05) is 0 Å². The Labute approximate surface area is 239 Å². The molecule has 198 valence electrons. The standard InChI is InChI=1S/C36H28BO4/c1-35(2)36(3,4)41-37(40-35)26-18-24(22-13-15-33-29(20-22)27-9-5-7-11-31(27)38-33)17-25(19-26)23-14-16-34-30(21-23)28-10-6-8-12-32(28)39-34/h5-7,9-21H,1-4H3/q+1. The fourth-order valence-corrected chi connectivity index (χ4v) is 5.86. The molecule has 1 fully saturated rings. The van der Waals surface area contributed by atoms with E-state index in [-0.39, 0.29) is 0 Å². The van der Waals surface area contributed by atoms with Gasteiger partial charge in [-0.1, -0.05) is 42.5 Å². The lowest BCUT2D eigenvalue weighted by Gasteiger charge is -2.32. The Balaban J connectivity index is 1.31. The van der Waals surface area contributed by atoms with Crippen molar-refractivity contribution in [1.82, 2.24) is 0 Å². The molecule has 0 bridgehead atoms. The summed E-state index contributed by atoms with van der Waals surface area (Å²) in [6.45, 7) is 8.35. The van der Waals surface area contributed by atoms with Gasteiger partial charge in [-0.15, -0.1) is 0 Å². The summed E-state index contributed by atoms with van der Waals surface area (Å²) >= 11 is 0. The van der Waals surface area contributed by atoms with E-state index >= 15 is 0 Å². The summed E-state index contributed by atoms with van der Waals surface area (Å²) in [6, 6.07) is 27.6. The van der Waals surface area contributed by atoms with Crippen molar-refractivity contribution in [2.45, 2.75) is 38.9 Å². The van der Waals surface area contributed by atoms with Gasteiger partial charge in [0.1, 0.15) is 28.9 Å². The average molecular weight is 535 g/mol. The molecule has 4 nitrogen and oxygen atoms in total. The SMILES string of the molecule is CC1(C)OB(c2cc(-c3ccc4oc5c(c4c3)C=C[C+]=C5)cc(-c3ccc4oc5ccccc5c4c3)c2)OC1(C)C. The summed E-state index contributed by atoms with van der Waals surface area (Å²) in [6.07, 6.45) is 8.99. The highest BCUT2D eigenvalue weighted by molar-refractivity contribution is 6.62. The number of benzene rings is 4. The van der Waals surface area contributed by atoms with Crippen LogP contribution in [0.15, 0.2) is 93.8 Å². The Bertz CT molecular complexity index is 2050. The van der Waals surface area contributed by atoms with Gasteiger partial charge in [0.25, 0.3) is 0 Å². The molecule has 41 heavy (non-hydrogen) atoms. The molecule has 0 amide bonds. The van der Waals surface area contributed by atoms with Crippen LogP contribution in [0.2, 0.25) is 0 Å². The molecule has 8 rings (SSSR count). The zero-order valence-corrected chi connectivity index (χ0v) is 23.4. The lowest BCUT2D eigenvalue weighted by atomic mass is 9.76. The molecule has 0 saturated carbocycles. The molecule has 0 N–H and O–H groups in total. The molecule has 5 heteroatoms. The minimum absolute atomic E-state index is 0.436. The summed E-state index contributed by atoms with van der Waals surface area (Å²) < 4.78 is 25.2. The molecule has 2 aliphatic rings. The Morgan fingerprint density at radius 3 is 1.98 bits per heavy atom. The van der Waals surface area contributed by atoms with Crippen LogP contribution in [0.25, 0.3) is 67.3 Å². The van der Waals surface area contributed by atoms with E-state index in [0.717, 1.165) is 71.9 Å². The summed E-state index contributed by atoms with van der Waals surface area (Å²) in [7, 11) is -0.480. The van der Waals surface area contributed by atoms with Crippen LogP contribution in [-0.2, 0) is 9.31 Å². The van der Waals surface area contributed by atoms with Crippen molar-refractivity contribution in [3.05, 3.63) is 102 Å². The molecule has 1 aliphatic heterocycles. The first-order valence-electron chi connectivity index (χ1n) is 14.0. The summed E-state index contributed by atoms with van der Waals surface area (Å²) in [5, 5.41) is 3.30. The van der Waals surface area contributed by atoms with Gasteiger partial charge in [0.2, 0.25) is 5.76 Å². The molecule has 3 heterocycles. The van der Waals surface area contributed by atoms with Crippen molar-refractivity contribution in [1.29, 1.82) is 0 Å². The van der Waals surface area contributed by atoms with Crippen LogP contribution in [0.4, 0.5) is 0 Å². The van der Waals surface area contributed by atoms with Crippen LogP contribution in [0.3, 0.4) is 0 Å². The Morgan fingerprint density at radius 1 is 0.610 bits per heavy atom. The molecule has 2 aromatic heterocycles. The molecule has 0 radical (unpaired) electrons. The van der Waals surface area contributed by atoms with E-state index in [4.69, 9.17) is 18.1 Å². The highest BCUT2D eigenvalue weighted by Gasteiger charge is 2.51. The molecule has 0 unspecified atom stereocenters. The van der Waals surface area contributed by atoms with E-state index in [0.29, 0.717) is 0 Å². The maximum atomic E-state index is 6.51. The molecule has 4 aromatic carbocycles. The first-order valence-corrected chi connectivity index (χ1v) is 14.0. The topological polar surface area (TPSA) is 44.7 Å². The van der Waals surface area contributed by atoms with Gasteiger partial charge in [-0.2, -0.15) is 0 Å². The fraction of sp³-hybridized carbons (Fsp3) is 0.167. The van der Waals surface area contributed by atoms with Crippen LogP contribution >= 0.6 is 0 Å². The molecule has 0 spiro atoms. The number of allylic oxidation sites excluding steroid dienone is 2. The maximum Gasteiger partial charge on any atom is 0.494 e. The van der Waals surface area contributed by atoms with E-state index in [1.165, 1.54) is 0 Å². The van der Waals surface area contributed by atoms with Crippen molar-refractivity contribution >= 4 is 57.6 Å². The lowest BCUT2D eigenvalue weighted by molar-refractivity contribution is 0.00578. The van der Waals surface area contributed by atoms with E-state index in [9.17, 15) is 0 Å². The predicted octanol–water partition coefficient (Wildman–Crippen LogP) is 8.81. The third kappa shape index (κ3) is 3.82. The minimum Gasteiger partial charge on any atom is -0.456 e. The van der Waals surface area contributed by atoms with Gasteiger partial charge in [-0.25, -0.2) is 0 Å². The van der Waals surface area contributed by atoms with E-state index in [1.54, 1.807) is 0 Å². The molecular weight excluding hydrogens is 507 g/mol. The summed E-state index contributed by atoms with van der Waals surface area (Å²) in [5.74, 6) is 0.840. The van der Waals surface area contributed by atoms with Crippen molar-refractivity contribution in [2.24, 2.45) is 0 Å². The van der Waals surface area contributed by atoms with E-state index in [1.807, 2.05) is 24.3 Å². The van der Waals surface area contributed by atoms with E-state index in [2.05, 4.69) is 107 Å². The fourth-order valence-electron chi connectivity index (χ4n) is 5.86. The minimum atomic E-state index is -0.480. The smallest absolute Gasteiger partial charge is 0.456 e. The van der Waals surface area contributed by atoms with Gasteiger partial charge in [0, 0.05) is 16.8 Å².